The number of hydrogen-bond donors (Lipinski definition) is 1. The fraction of sp³-hybridized carbons (Fsp3) is 0.263. The van der Waals surface area contributed by atoms with Crippen LogP contribution in [-0.2, 0) is 0 Å². The average molecular weight is 277 g/mol. The molecule has 2 heteroatoms. The molecule has 1 atom stereocenters. The molecular formula is C19H19NO. The lowest BCUT2D eigenvalue weighted by atomic mass is 10.0. The van der Waals surface area contributed by atoms with Crippen LogP contribution in [0.15, 0.2) is 54.6 Å². The van der Waals surface area contributed by atoms with Crippen LogP contribution in [-0.4, -0.2) is 24.3 Å². The molecule has 1 heterocycles. The second-order valence-electron chi connectivity index (χ2n) is 5.87. The van der Waals surface area contributed by atoms with E-state index in [2.05, 4.69) is 59.5 Å². The lowest BCUT2D eigenvalue weighted by Gasteiger charge is -2.26. The molecule has 0 aliphatic carbocycles. The summed E-state index contributed by atoms with van der Waals surface area (Å²) < 4.78 is 0. The molecule has 1 aliphatic heterocycles. The predicted octanol–water partition coefficient (Wildman–Crippen LogP) is 3.95. The first-order valence-electron chi connectivity index (χ1n) is 7.66. The average Bonchev–Trinajstić information content (AvgIpc) is 3.00. The molecule has 0 spiro atoms. The second kappa shape index (κ2) is 5.05. The molecule has 2 nitrogen and oxygen atoms in total. The maximum Gasteiger partial charge on any atom is 0.0635 e. The first-order chi connectivity index (χ1) is 10.4. The highest BCUT2D eigenvalue weighted by Gasteiger charge is 2.25. The van der Waals surface area contributed by atoms with Gasteiger partial charge in [-0.1, -0.05) is 36.4 Å². The van der Waals surface area contributed by atoms with Crippen molar-refractivity contribution in [3.05, 3.63) is 54.6 Å². The molecule has 1 fully saturated rings. The molecule has 1 saturated heterocycles. The van der Waals surface area contributed by atoms with E-state index in [-0.39, 0.29) is 12.6 Å². The first-order valence-corrected chi connectivity index (χ1v) is 7.66. The fourth-order valence-electron chi connectivity index (χ4n) is 3.54. The number of nitrogens with zero attached hydrogens (tertiary/aromatic N) is 1. The smallest absolute Gasteiger partial charge is 0.0635 e. The maximum absolute atomic E-state index is 9.60. The van der Waals surface area contributed by atoms with Gasteiger partial charge in [0.1, 0.15) is 0 Å². The van der Waals surface area contributed by atoms with Gasteiger partial charge in [-0.2, -0.15) is 0 Å². The van der Waals surface area contributed by atoms with Gasteiger partial charge in [0.05, 0.1) is 12.6 Å². The zero-order chi connectivity index (χ0) is 14.2. The van der Waals surface area contributed by atoms with Crippen molar-refractivity contribution in [1.29, 1.82) is 0 Å². The summed E-state index contributed by atoms with van der Waals surface area (Å²) in [5.74, 6) is 0. The van der Waals surface area contributed by atoms with E-state index in [1.807, 2.05) is 0 Å². The highest BCUT2D eigenvalue weighted by molar-refractivity contribution is 6.04. The van der Waals surface area contributed by atoms with Gasteiger partial charge in [-0.05, 0) is 47.2 Å². The fourth-order valence-corrected chi connectivity index (χ4v) is 3.54. The van der Waals surface area contributed by atoms with Crippen LogP contribution in [0.1, 0.15) is 12.8 Å². The van der Waals surface area contributed by atoms with Gasteiger partial charge in [-0.25, -0.2) is 0 Å². The first kappa shape index (κ1) is 12.7. The third kappa shape index (κ3) is 2.07. The van der Waals surface area contributed by atoms with Gasteiger partial charge < -0.3 is 10.0 Å². The van der Waals surface area contributed by atoms with E-state index in [0.717, 1.165) is 19.4 Å². The third-order valence-corrected chi connectivity index (χ3v) is 4.62. The molecule has 0 aromatic heterocycles. The highest BCUT2D eigenvalue weighted by atomic mass is 16.3. The molecule has 0 radical (unpaired) electrons. The van der Waals surface area contributed by atoms with Gasteiger partial charge in [-0.15, -0.1) is 0 Å². The lowest BCUT2D eigenvalue weighted by Crippen LogP contribution is -2.32. The van der Waals surface area contributed by atoms with Crippen LogP contribution in [0.2, 0.25) is 0 Å². The van der Waals surface area contributed by atoms with Crippen LogP contribution < -0.4 is 4.90 Å². The maximum atomic E-state index is 9.60. The Morgan fingerprint density at radius 1 is 0.952 bits per heavy atom. The van der Waals surface area contributed by atoms with Gasteiger partial charge in [0, 0.05) is 17.6 Å². The minimum atomic E-state index is 0.240. The van der Waals surface area contributed by atoms with E-state index in [9.17, 15) is 5.11 Å². The van der Waals surface area contributed by atoms with E-state index in [0.29, 0.717) is 0 Å². The van der Waals surface area contributed by atoms with Crippen LogP contribution in [0.25, 0.3) is 21.5 Å². The summed E-state index contributed by atoms with van der Waals surface area (Å²) >= 11 is 0. The Morgan fingerprint density at radius 3 is 2.52 bits per heavy atom. The molecule has 4 rings (SSSR count). The predicted molar refractivity (Wildman–Crippen MR) is 88.9 cm³/mol. The molecule has 0 saturated carbocycles. The summed E-state index contributed by atoms with van der Waals surface area (Å²) in [6, 6.07) is 19.8. The molecule has 3 aromatic carbocycles. The molecule has 0 bridgehead atoms. The Bertz CT molecular complexity index is 796. The molecule has 0 amide bonds. The third-order valence-electron chi connectivity index (χ3n) is 4.62. The lowest BCUT2D eigenvalue weighted by molar-refractivity contribution is 0.266. The summed E-state index contributed by atoms with van der Waals surface area (Å²) in [6.45, 7) is 1.28. The van der Waals surface area contributed by atoms with Crippen molar-refractivity contribution in [2.75, 3.05) is 18.1 Å². The van der Waals surface area contributed by atoms with Crippen molar-refractivity contribution < 1.29 is 5.11 Å². The van der Waals surface area contributed by atoms with Crippen molar-refractivity contribution in [3.8, 4) is 0 Å². The van der Waals surface area contributed by atoms with E-state index >= 15 is 0 Å². The number of rotatable bonds is 2. The van der Waals surface area contributed by atoms with Gasteiger partial charge in [-0.3, -0.25) is 0 Å². The summed E-state index contributed by atoms with van der Waals surface area (Å²) in [5.41, 5.74) is 1.26. The van der Waals surface area contributed by atoms with Crippen LogP contribution in [0.5, 0.6) is 0 Å². The van der Waals surface area contributed by atoms with Crippen molar-refractivity contribution >= 4 is 27.2 Å². The molecular weight excluding hydrogens is 258 g/mol. The Balaban J connectivity index is 1.94. The van der Waals surface area contributed by atoms with Crippen molar-refractivity contribution in [2.45, 2.75) is 18.9 Å². The van der Waals surface area contributed by atoms with Crippen molar-refractivity contribution in [2.24, 2.45) is 0 Å². The SMILES string of the molecule is OC[C@@H]1CCCN1c1cccc2cc3ccccc3cc12. The van der Waals surface area contributed by atoms with E-state index < -0.39 is 0 Å². The van der Waals surface area contributed by atoms with E-state index in [4.69, 9.17) is 0 Å². The molecule has 3 aromatic rings. The number of hydrogen-bond acceptors (Lipinski definition) is 2. The van der Waals surface area contributed by atoms with Crippen LogP contribution >= 0.6 is 0 Å². The number of aliphatic hydroxyl groups excluding tert-OH is 1. The van der Waals surface area contributed by atoms with Gasteiger partial charge >= 0.3 is 0 Å². The van der Waals surface area contributed by atoms with Crippen molar-refractivity contribution in [3.63, 3.8) is 0 Å². The summed E-state index contributed by atoms with van der Waals surface area (Å²) in [4.78, 5) is 2.37. The minimum Gasteiger partial charge on any atom is -0.394 e. The quantitative estimate of drug-likeness (QED) is 0.717. The van der Waals surface area contributed by atoms with Crippen LogP contribution in [0.3, 0.4) is 0 Å². The molecule has 1 N–H and O–H groups in total. The Hall–Kier alpha value is -2.06. The molecule has 0 unspecified atom stereocenters. The topological polar surface area (TPSA) is 23.5 Å². The largest absolute Gasteiger partial charge is 0.394 e. The second-order valence-corrected chi connectivity index (χ2v) is 5.87. The minimum absolute atomic E-state index is 0.240. The Morgan fingerprint density at radius 2 is 1.71 bits per heavy atom. The number of aliphatic hydroxyl groups is 1. The van der Waals surface area contributed by atoms with Crippen LogP contribution in [0.4, 0.5) is 5.69 Å². The molecule has 1 aliphatic rings. The Labute approximate surface area is 124 Å². The highest BCUT2D eigenvalue weighted by Crippen LogP contribution is 2.34. The molecule has 106 valence electrons. The normalized spacial score (nSPS) is 18.7. The van der Waals surface area contributed by atoms with Gasteiger partial charge in [0.25, 0.3) is 0 Å². The van der Waals surface area contributed by atoms with Crippen LogP contribution in [0, 0.1) is 0 Å². The standard InChI is InChI=1S/C19H19NO/c21-13-17-8-4-10-20(17)19-9-3-7-16-11-14-5-1-2-6-15(14)12-18(16)19/h1-3,5-7,9,11-12,17,21H,4,8,10,13H2/t17-/m0/s1. The van der Waals surface area contributed by atoms with E-state index in [1.165, 1.54) is 27.2 Å². The van der Waals surface area contributed by atoms with Gasteiger partial charge in [0.2, 0.25) is 0 Å². The zero-order valence-corrected chi connectivity index (χ0v) is 12.0. The number of anilines is 1. The summed E-state index contributed by atoms with van der Waals surface area (Å²) in [6.07, 6.45) is 2.25. The zero-order valence-electron chi connectivity index (χ0n) is 12.0. The molecule has 21 heavy (non-hydrogen) atoms. The summed E-state index contributed by atoms with van der Waals surface area (Å²) in [5, 5.41) is 14.7. The van der Waals surface area contributed by atoms with Crippen molar-refractivity contribution in [1.82, 2.24) is 0 Å². The summed E-state index contributed by atoms with van der Waals surface area (Å²) in [7, 11) is 0. The Kier molecular flexibility index (Phi) is 3.04. The van der Waals surface area contributed by atoms with E-state index in [1.54, 1.807) is 0 Å². The number of fused-ring (bicyclic) bond motifs is 2. The monoisotopic (exact) mass is 277 g/mol. The number of benzene rings is 3. The van der Waals surface area contributed by atoms with Gasteiger partial charge in [0.15, 0.2) is 0 Å².